The van der Waals surface area contributed by atoms with Gasteiger partial charge >= 0.3 is 5.97 Å². The Morgan fingerprint density at radius 3 is 2.65 bits per heavy atom. The number of aryl methyl sites for hydroxylation is 1. The van der Waals surface area contributed by atoms with Gasteiger partial charge in [0.15, 0.2) is 18.3 Å². The van der Waals surface area contributed by atoms with Gasteiger partial charge in [-0.05, 0) is 49.4 Å². The maximum atomic E-state index is 12.7. The summed E-state index contributed by atoms with van der Waals surface area (Å²) in [5, 5.41) is 5.89. The maximum absolute atomic E-state index is 12.7. The van der Waals surface area contributed by atoms with Gasteiger partial charge in [-0.25, -0.2) is 4.79 Å². The second kappa shape index (κ2) is 9.04. The summed E-state index contributed by atoms with van der Waals surface area (Å²) in [6, 6.07) is 16.9. The van der Waals surface area contributed by atoms with Crippen LogP contribution in [0.1, 0.15) is 36.9 Å². The molecule has 2 N–H and O–H groups in total. The average Bonchev–Trinajstić information content (AvgIpc) is 3.14. The van der Waals surface area contributed by atoms with E-state index < -0.39 is 23.8 Å². The lowest BCUT2D eigenvalue weighted by Gasteiger charge is -2.27. The van der Waals surface area contributed by atoms with Crippen molar-refractivity contribution in [2.75, 3.05) is 11.9 Å². The van der Waals surface area contributed by atoms with Crippen molar-refractivity contribution in [1.82, 2.24) is 5.32 Å². The van der Waals surface area contributed by atoms with E-state index in [2.05, 4.69) is 16.7 Å². The number of fused-ring (bicyclic) bond motifs is 1. The SMILES string of the molecule is C[C@H](OC(=O)C1=C(Nc2ccccc2)OCC1=O)C(=O)N[C@H]1CCCc2ccccc21. The number of carbonyl (C=O) groups excluding carboxylic acids is 3. The van der Waals surface area contributed by atoms with Gasteiger partial charge in [-0.2, -0.15) is 0 Å². The summed E-state index contributed by atoms with van der Waals surface area (Å²) >= 11 is 0. The highest BCUT2D eigenvalue weighted by atomic mass is 16.6. The highest BCUT2D eigenvalue weighted by molar-refractivity contribution is 6.20. The van der Waals surface area contributed by atoms with Gasteiger partial charge in [0.2, 0.25) is 11.7 Å². The topological polar surface area (TPSA) is 93.7 Å². The highest BCUT2D eigenvalue weighted by Gasteiger charge is 2.34. The summed E-state index contributed by atoms with van der Waals surface area (Å²) in [7, 11) is 0. The Kier molecular flexibility index (Phi) is 6.02. The molecule has 0 aromatic heterocycles. The van der Waals surface area contributed by atoms with Crippen molar-refractivity contribution in [3.63, 3.8) is 0 Å². The minimum Gasteiger partial charge on any atom is -0.470 e. The van der Waals surface area contributed by atoms with Crippen LogP contribution in [0.2, 0.25) is 0 Å². The average molecular weight is 420 g/mol. The molecule has 0 spiro atoms. The fourth-order valence-corrected chi connectivity index (χ4v) is 3.83. The summed E-state index contributed by atoms with van der Waals surface area (Å²) in [6.07, 6.45) is 1.73. The molecule has 0 saturated carbocycles. The van der Waals surface area contributed by atoms with Crippen molar-refractivity contribution >= 4 is 23.3 Å². The molecule has 1 amide bonds. The number of ether oxygens (including phenoxy) is 2. The van der Waals surface area contributed by atoms with Crippen molar-refractivity contribution in [2.24, 2.45) is 0 Å². The number of anilines is 1. The lowest BCUT2D eigenvalue weighted by Crippen LogP contribution is -2.39. The van der Waals surface area contributed by atoms with Crippen LogP contribution in [0.15, 0.2) is 66.1 Å². The molecule has 0 unspecified atom stereocenters. The van der Waals surface area contributed by atoms with Crippen LogP contribution < -0.4 is 10.6 Å². The molecule has 1 aliphatic carbocycles. The van der Waals surface area contributed by atoms with Gasteiger partial charge in [0, 0.05) is 5.69 Å². The Balaban J connectivity index is 1.42. The number of hydrogen-bond acceptors (Lipinski definition) is 6. The van der Waals surface area contributed by atoms with E-state index >= 15 is 0 Å². The molecule has 2 aliphatic rings. The minimum atomic E-state index is -1.06. The van der Waals surface area contributed by atoms with Crippen molar-refractivity contribution in [1.29, 1.82) is 0 Å². The van der Waals surface area contributed by atoms with E-state index in [0.29, 0.717) is 5.69 Å². The van der Waals surface area contributed by atoms with Crippen LogP contribution in [0.25, 0.3) is 0 Å². The number of carbonyl (C=O) groups is 3. The Morgan fingerprint density at radius 2 is 1.84 bits per heavy atom. The number of ketones is 1. The van der Waals surface area contributed by atoms with Crippen molar-refractivity contribution < 1.29 is 23.9 Å². The first-order valence-electron chi connectivity index (χ1n) is 10.3. The fraction of sp³-hybridized carbons (Fsp3) is 0.292. The van der Waals surface area contributed by atoms with E-state index in [0.717, 1.165) is 24.8 Å². The number of rotatable bonds is 6. The molecule has 2 atom stereocenters. The molecule has 4 rings (SSSR count). The molecule has 0 saturated heterocycles. The van der Waals surface area contributed by atoms with Crippen LogP contribution in [0.3, 0.4) is 0 Å². The quantitative estimate of drug-likeness (QED) is 0.551. The second-order valence-corrected chi connectivity index (χ2v) is 7.61. The molecule has 160 valence electrons. The summed E-state index contributed by atoms with van der Waals surface area (Å²) in [5.41, 5.74) is 2.77. The largest absolute Gasteiger partial charge is 0.470 e. The first-order chi connectivity index (χ1) is 15.0. The van der Waals surface area contributed by atoms with Crippen molar-refractivity contribution in [2.45, 2.75) is 38.3 Å². The summed E-state index contributed by atoms with van der Waals surface area (Å²) in [4.78, 5) is 37.5. The summed E-state index contributed by atoms with van der Waals surface area (Å²) in [6.45, 7) is 1.24. The second-order valence-electron chi connectivity index (χ2n) is 7.61. The number of para-hydroxylation sites is 1. The van der Waals surface area contributed by atoms with E-state index in [1.54, 1.807) is 12.1 Å². The predicted octanol–water partition coefficient (Wildman–Crippen LogP) is 3.03. The molecule has 0 fully saturated rings. The summed E-state index contributed by atoms with van der Waals surface area (Å²) < 4.78 is 10.6. The van der Waals surface area contributed by atoms with Crippen LogP contribution >= 0.6 is 0 Å². The van der Waals surface area contributed by atoms with Crippen LogP contribution in [0.4, 0.5) is 5.69 Å². The minimum absolute atomic E-state index is 0.0371. The molecular formula is C24H24N2O5. The number of hydrogen-bond donors (Lipinski definition) is 2. The third-order valence-electron chi connectivity index (χ3n) is 5.43. The molecule has 0 bridgehead atoms. The zero-order chi connectivity index (χ0) is 21.8. The predicted molar refractivity (Wildman–Crippen MR) is 114 cm³/mol. The van der Waals surface area contributed by atoms with Crippen LogP contribution in [0.5, 0.6) is 0 Å². The fourth-order valence-electron chi connectivity index (χ4n) is 3.83. The third-order valence-corrected chi connectivity index (χ3v) is 5.43. The molecule has 1 aliphatic heterocycles. The zero-order valence-electron chi connectivity index (χ0n) is 17.2. The number of nitrogens with one attached hydrogen (secondary N) is 2. The van der Waals surface area contributed by atoms with Gasteiger partial charge in [0.25, 0.3) is 5.91 Å². The molecule has 1 heterocycles. The standard InChI is InChI=1S/C24H24N2O5/c1-15(22(28)26-19-13-7-9-16-8-5-6-12-18(16)19)31-24(29)21-20(27)14-30-23(21)25-17-10-3-2-4-11-17/h2-6,8,10-12,15,19,25H,7,9,13-14H2,1H3,(H,26,28)/t15-,19-/m0/s1. The van der Waals surface area contributed by atoms with Gasteiger partial charge in [-0.15, -0.1) is 0 Å². The molecule has 2 aromatic carbocycles. The normalized spacial score (nSPS) is 18.6. The molecule has 0 radical (unpaired) electrons. The highest BCUT2D eigenvalue weighted by Crippen LogP contribution is 2.29. The maximum Gasteiger partial charge on any atom is 0.348 e. The lowest BCUT2D eigenvalue weighted by atomic mass is 9.87. The van der Waals surface area contributed by atoms with Gasteiger partial charge in [0.1, 0.15) is 0 Å². The smallest absolute Gasteiger partial charge is 0.348 e. The van der Waals surface area contributed by atoms with Gasteiger partial charge < -0.3 is 20.1 Å². The first-order valence-corrected chi connectivity index (χ1v) is 10.3. The first kappa shape index (κ1) is 20.7. The molecule has 2 aromatic rings. The van der Waals surface area contributed by atoms with E-state index in [-0.39, 0.29) is 24.1 Å². The van der Waals surface area contributed by atoms with E-state index in [9.17, 15) is 14.4 Å². The zero-order valence-corrected chi connectivity index (χ0v) is 17.2. The van der Waals surface area contributed by atoms with E-state index in [4.69, 9.17) is 9.47 Å². The third kappa shape index (κ3) is 4.60. The van der Waals surface area contributed by atoms with Gasteiger partial charge in [0.05, 0.1) is 6.04 Å². The Labute approximate surface area is 180 Å². The van der Waals surface area contributed by atoms with E-state index in [1.807, 2.05) is 36.4 Å². The Hall–Kier alpha value is -3.61. The molecule has 31 heavy (non-hydrogen) atoms. The number of esters is 1. The molecular weight excluding hydrogens is 396 g/mol. The van der Waals surface area contributed by atoms with Gasteiger partial charge in [-0.1, -0.05) is 42.5 Å². The lowest BCUT2D eigenvalue weighted by molar-refractivity contribution is -0.152. The van der Waals surface area contributed by atoms with Crippen LogP contribution in [0, 0.1) is 0 Å². The Bertz CT molecular complexity index is 1030. The number of Topliss-reactive ketones (excluding diaryl/α,β-unsaturated/α-hetero) is 1. The Morgan fingerprint density at radius 1 is 1.10 bits per heavy atom. The number of benzene rings is 2. The molecule has 7 heteroatoms. The van der Waals surface area contributed by atoms with Crippen molar-refractivity contribution in [3.05, 3.63) is 77.2 Å². The van der Waals surface area contributed by atoms with Crippen LogP contribution in [-0.2, 0) is 30.3 Å². The number of amides is 1. The molecule has 7 nitrogen and oxygen atoms in total. The van der Waals surface area contributed by atoms with Crippen LogP contribution in [-0.4, -0.2) is 30.4 Å². The summed E-state index contributed by atoms with van der Waals surface area (Å²) in [5.74, 6) is -1.74. The monoisotopic (exact) mass is 420 g/mol. The van der Waals surface area contributed by atoms with Crippen molar-refractivity contribution in [3.8, 4) is 0 Å². The van der Waals surface area contributed by atoms with Gasteiger partial charge in [-0.3, -0.25) is 9.59 Å². The van der Waals surface area contributed by atoms with E-state index in [1.165, 1.54) is 12.5 Å².